The monoisotopic (exact) mass is 294 g/mol. The van der Waals surface area contributed by atoms with Gasteiger partial charge in [0.15, 0.2) is 0 Å². The number of rotatable bonds is 5. The highest BCUT2D eigenvalue weighted by atomic mass is 32.1. The van der Waals surface area contributed by atoms with Crippen LogP contribution in [0.3, 0.4) is 0 Å². The van der Waals surface area contributed by atoms with Crippen LogP contribution in [0.1, 0.15) is 28.2 Å². The molecule has 1 aliphatic rings. The summed E-state index contributed by atoms with van der Waals surface area (Å²) in [6.07, 6.45) is 2.32. The molecular formula is C13H18N4O2S. The van der Waals surface area contributed by atoms with Crippen molar-refractivity contribution in [1.29, 1.82) is 5.41 Å². The highest BCUT2D eigenvalue weighted by molar-refractivity contribution is 7.12. The lowest BCUT2D eigenvalue weighted by Crippen LogP contribution is -2.42. The van der Waals surface area contributed by atoms with E-state index in [2.05, 4.69) is 5.32 Å². The standard InChI is InChI=1S/C13H18N4O2S/c1-8-10(12(14)15)5-9(20-8)6-16-13(19)11-3-2-4-17(11)7-18/h5,7,11H,2-4,6H2,1H3,(H3,14,15)(H,16,19). The van der Waals surface area contributed by atoms with Crippen molar-refractivity contribution < 1.29 is 9.59 Å². The van der Waals surface area contributed by atoms with E-state index in [9.17, 15) is 9.59 Å². The fraction of sp³-hybridized carbons (Fsp3) is 0.462. The van der Waals surface area contributed by atoms with Crippen LogP contribution in [-0.2, 0) is 16.1 Å². The maximum atomic E-state index is 12.0. The van der Waals surface area contributed by atoms with Crippen molar-refractivity contribution >= 4 is 29.5 Å². The largest absolute Gasteiger partial charge is 0.384 e. The number of amides is 2. The molecule has 0 bridgehead atoms. The number of nitrogens with zero attached hydrogens (tertiary/aromatic N) is 1. The Morgan fingerprint density at radius 2 is 2.45 bits per heavy atom. The SMILES string of the molecule is Cc1sc(CNC(=O)C2CCCN2C=O)cc1C(=N)N. The first kappa shape index (κ1) is 14.5. The second-order valence-electron chi connectivity index (χ2n) is 4.82. The van der Waals surface area contributed by atoms with E-state index in [0.29, 0.717) is 19.5 Å². The molecule has 0 radical (unpaired) electrons. The Morgan fingerprint density at radius 1 is 1.70 bits per heavy atom. The molecule has 7 heteroatoms. The zero-order valence-corrected chi connectivity index (χ0v) is 12.1. The first-order chi connectivity index (χ1) is 9.52. The minimum Gasteiger partial charge on any atom is -0.384 e. The van der Waals surface area contributed by atoms with Gasteiger partial charge in [0, 0.05) is 21.9 Å². The maximum Gasteiger partial charge on any atom is 0.243 e. The van der Waals surface area contributed by atoms with Crippen molar-refractivity contribution in [1.82, 2.24) is 10.2 Å². The van der Waals surface area contributed by atoms with Gasteiger partial charge in [-0.25, -0.2) is 0 Å². The Bertz CT molecular complexity index is 540. The van der Waals surface area contributed by atoms with Crippen molar-refractivity contribution in [2.75, 3.05) is 6.54 Å². The van der Waals surface area contributed by atoms with Crippen LogP contribution in [0.15, 0.2) is 6.07 Å². The van der Waals surface area contributed by atoms with E-state index in [1.165, 1.54) is 16.2 Å². The van der Waals surface area contributed by atoms with Crippen LogP contribution < -0.4 is 11.1 Å². The molecule has 108 valence electrons. The normalized spacial score (nSPS) is 18.1. The van der Waals surface area contributed by atoms with E-state index in [0.717, 1.165) is 28.1 Å². The molecule has 6 nitrogen and oxygen atoms in total. The van der Waals surface area contributed by atoms with Gasteiger partial charge in [-0.05, 0) is 25.8 Å². The quantitative estimate of drug-likeness (QED) is 0.421. The molecule has 0 spiro atoms. The predicted octanol–water partition coefficient (Wildman–Crippen LogP) is 0.578. The molecular weight excluding hydrogens is 276 g/mol. The molecule has 1 aliphatic heterocycles. The van der Waals surface area contributed by atoms with Gasteiger partial charge in [0.1, 0.15) is 11.9 Å². The number of nitrogens with two attached hydrogens (primary N) is 1. The summed E-state index contributed by atoms with van der Waals surface area (Å²) in [5.41, 5.74) is 6.19. The van der Waals surface area contributed by atoms with E-state index in [-0.39, 0.29) is 17.8 Å². The van der Waals surface area contributed by atoms with Crippen LogP contribution in [0.2, 0.25) is 0 Å². The number of carbonyl (C=O) groups is 2. The van der Waals surface area contributed by atoms with Gasteiger partial charge in [-0.3, -0.25) is 15.0 Å². The van der Waals surface area contributed by atoms with Crippen molar-refractivity contribution in [3.05, 3.63) is 21.4 Å². The van der Waals surface area contributed by atoms with Crippen molar-refractivity contribution in [3.63, 3.8) is 0 Å². The molecule has 1 aromatic heterocycles. The lowest BCUT2D eigenvalue weighted by molar-refractivity contribution is -0.131. The lowest BCUT2D eigenvalue weighted by Gasteiger charge is -2.18. The predicted molar refractivity (Wildman–Crippen MR) is 77.7 cm³/mol. The second-order valence-corrected chi connectivity index (χ2v) is 6.16. The van der Waals surface area contributed by atoms with Crippen LogP contribution in [0.4, 0.5) is 0 Å². The number of likely N-dealkylation sites (tertiary alicyclic amines) is 1. The molecule has 0 aliphatic carbocycles. The molecule has 1 unspecified atom stereocenters. The molecule has 4 N–H and O–H groups in total. The van der Waals surface area contributed by atoms with Crippen LogP contribution in [0.5, 0.6) is 0 Å². The molecule has 0 aromatic carbocycles. The zero-order valence-electron chi connectivity index (χ0n) is 11.3. The maximum absolute atomic E-state index is 12.0. The third-order valence-electron chi connectivity index (χ3n) is 3.43. The molecule has 1 saturated heterocycles. The van der Waals surface area contributed by atoms with Gasteiger partial charge < -0.3 is 16.0 Å². The third-order valence-corrected chi connectivity index (χ3v) is 4.48. The Labute approximate surface area is 121 Å². The van der Waals surface area contributed by atoms with Gasteiger partial charge in [0.05, 0.1) is 6.54 Å². The highest BCUT2D eigenvalue weighted by Gasteiger charge is 2.29. The molecule has 2 amide bonds. The molecule has 1 atom stereocenters. The number of thiophene rings is 1. The van der Waals surface area contributed by atoms with E-state index in [1.807, 2.05) is 13.0 Å². The van der Waals surface area contributed by atoms with Gasteiger partial charge in [-0.15, -0.1) is 11.3 Å². The van der Waals surface area contributed by atoms with Crippen LogP contribution >= 0.6 is 11.3 Å². The fourth-order valence-corrected chi connectivity index (χ4v) is 3.38. The smallest absolute Gasteiger partial charge is 0.243 e. The van der Waals surface area contributed by atoms with Crippen molar-refractivity contribution in [3.8, 4) is 0 Å². The molecule has 20 heavy (non-hydrogen) atoms. The van der Waals surface area contributed by atoms with Gasteiger partial charge in [-0.2, -0.15) is 0 Å². The summed E-state index contributed by atoms with van der Waals surface area (Å²) >= 11 is 1.52. The summed E-state index contributed by atoms with van der Waals surface area (Å²) in [6, 6.07) is 1.48. The van der Waals surface area contributed by atoms with Gasteiger partial charge in [0.2, 0.25) is 12.3 Å². The fourth-order valence-electron chi connectivity index (χ4n) is 2.39. The molecule has 2 heterocycles. The summed E-state index contributed by atoms with van der Waals surface area (Å²) in [7, 11) is 0. The summed E-state index contributed by atoms with van der Waals surface area (Å²) < 4.78 is 0. The van der Waals surface area contributed by atoms with E-state index >= 15 is 0 Å². The summed E-state index contributed by atoms with van der Waals surface area (Å²) in [4.78, 5) is 26.3. The summed E-state index contributed by atoms with van der Waals surface area (Å²) in [5.74, 6) is -0.0794. The second kappa shape index (κ2) is 6.04. The minimum atomic E-state index is -0.346. The van der Waals surface area contributed by atoms with E-state index in [1.54, 1.807) is 0 Å². The Hall–Kier alpha value is -1.89. The van der Waals surface area contributed by atoms with E-state index in [4.69, 9.17) is 11.1 Å². The average Bonchev–Trinajstić information content (AvgIpc) is 3.01. The Morgan fingerprint density at radius 3 is 3.05 bits per heavy atom. The van der Waals surface area contributed by atoms with Crippen molar-refractivity contribution in [2.24, 2.45) is 5.73 Å². The zero-order chi connectivity index (χ0) is 14.7. The lowest BCUT2D eigenvalue weighted by atomic mass is 10.2. The molecule has 0 saturated carbocycles. The number of hydrogen-bond acceptors (Lipinski definition) is 4. The van der Waals surface area contributed by atoms with Crippen LogP contribution in [0.25, 0.3) is 0 Å². The summed E-state index contributed by atoms with van der Waals surface area (Å²) in [5, 5.41) is 10.3. The Kier molecular flexibility index (Phi) is 4.39. The van der Waals surface area contributed by atoms with Crippen molar-refractivity contribution in [2.45, 2.75) is 32.4 Å². The highest BCUT2D eigenvalue weighted by Crippen LogP contribution is 2.21. The van der Waals surface area contributed by atoms with E-state index < -0.39 is 0 Å². The number of nitrogen functional groups attached to an aromatic ring is 1. The molecule has 1 fully saturated rings. The Balaban J connectivity index is 1.95. The topological polar surface area (TPSA) is 99.3 Å². The summed E-state index contributed by atoms with van der Waals surface area (Å²) in [6.45, 7) is 2.95. The van der Waals surface area contributed by atoms with Gasteiger partial charge in [-0.1, -0.05) is 0 Å². The van der Waals surface area contributed by atoms with Crippen LogP contribution in [0, 0.1) is 12.3 Å². The number of nitrogens with one attached hydrogen (secondary N) is 2. The molecule has 2 rings (SSSR count). The molecule has 1 aromatic rings. The average molecular weight is 294 g/mol. The number of hydrogen-bond donors (Lipinski definition) is 3. The first-order valence-corrected chi connectivity index (χ1v) is 7.27. The van der Waals surface area contributed by atoms with Gasteiger partial charge >= 0.3 is 0 Å². The number of carbonyl (C=O) groups excluding carboxylic acids is 2. The van der Waals surface area contributed by atoms with Gasteiger partial charge in [0.25, 0.3) is 0 Å². The minimum absolute atomic E-state index is 0.0410. The number of aryl methyl sites for hydroxylation is 1. The van der Waals surface area contributed by atoms with Crippen LogP contribution in [-0.4, -0.2) is 35.6 Å². The first-order valence-electron chi connectivity index (χ1n) is 6.45. The third kappa shape index (κ3) is 2.98. The number of amidine groups is 1.